The van der Waals surface area contributed by atoms with Crippen LogP contribution in [0, 0.1) is 5.82 Å². The van der Waals surface area contributed by atoms with Crippen LogP contribution in [0.2, 0.25) is 10.0 Å². The molecule has 8 nitrogen and oxygen atoms in total. The number of anilines is 2. The van der Waals surface area contributed by atoms with Crippen molar-refractivity contribution in [2.45, 2.75) is 0 Å². The number of fused-ring (bicyclic) bond motifs is 1. The molecule has 0 unspecified atom stereocenters. The topological polar surface area (TPSA) is 75.2 Å². The fourth-order valence-electron chi connectivity index (χ4n) is 3.57. The number of aromatic nitrogens is 1. The first-order chi connectivity index (χ1) is 14.9. The van der Waals surface area contributed by atoms with E-state index in [1.54, 1.807) is 17.0 Å². The van der Waals surface area contributed by atoms with Crippen LogP contribution in [0.25, 0.3) is 0 Å². The lowest BCUT2D eigenvalue weighted by Gasteiger charge is -2.37. The van der Waals surface area contributed by atoms with Gasteiger partial charge in [-0.15, -0.1) is 0 Å². The summed E-state index contributed by atoms with van der Waals surface area (Å²) in [6.45, 7) is 1.26. The Labute approximate surface area is 188 Å². The van der Waals surface area contributed by atoms with E-state index in [4.69, 9.17) is 32.7 Å². The second-order valence-corrected chi connectivity index (χ2v) is 7.89. The number of nitrogens with zero attached hydrogens (tertiary/aromatic N) is 4. The van der Waals surface area contributed by atoms with Gasteiger partial charge in [0.1, 0.15) is 18.1 Å². The maximum Gasteiger partial charge on any atom is 0.266 e. The first-order valence-corrected chi connectivity index (χ1v) is 10.3. The van der Waals surface area contributed by atoms with Gasteiger partial charge in [-0.1, -0.05) is 23.2 Å². The van der Waals surface area contributed by atoms with Crippen LogP contribution >= 0.6 is 23.2 Å². The van der Waals surface area contributed by atoms with E-state index in [1.807, 2.05) is 4.90 Å². The molecular formula is C20H19Cl2FN4O4. The highest BCUT2D eigenvalue weighted by molar-refractivity contribution is 6.32. The largest absolute Gasteiger partial charge is 0.495 e. The van der Waals surface area contributed by atoms with Crippen molar-refractivity contribution in [1.29, 1.82) is 0 Å². The van der Waals surface area contributed by atoms with Crippen molar-refractivity contribution in [3.8, 4) is 11.5 Å². The lowest BCUT2D eigenvalue weighted by atomic mass is 10.2. The van der Waals surface area contributed by atoms with Crippen LogP contribution in [0.15, 0.2) is 24.4 Å². The van der Waals surface area contributed by atoms with Crippen molar-refractivity contribution in [3.05, 3.63) is 40.3 Å². The summed E-state index contributed by atoms with van der Waals surface area (Å²) in [6.07, 6.45) is 1.40. The summed E-state index contributed by atoms with van der Waals surface area (Å²) in [5.74, 6) is -0.0317. The zero-order valence-corrected chi connectivity index (χ0v) is 18.1. The van der Waals surface area contributed by atoms with Gasteiger partial charge in [0.25, 0.3) is 5.91 Å². The van der Waals surface area contributed by atoms with Crippen molar-refractivity contribution < 1.29 is 23.5 Å². The van der Waals surface area contributed by atoms with Crippen molar-refractivity contribution in [1.82, 2.24) is 9.88 Å². The standard InChI is InChI=1S/C20H19Cl2FN4O4/c1-30-16-8-15(14(23)7-13(16)22)25-2-4-26(5-3-25)18(28)10-27-19(29)11-31-17-6-12(21)9-24-20(17)27/h6-9H,2-5,10-11H2,1H3. The number of pyridine rings is 1. The predicted molar refractivity (Wildman–Crippen MR) is 114 cm³/mol. The SMILES string of the molecule is COc1cc(N2CCN(C(=O)CN3C(=O)COc4cc(Cl)cnc43)CC2)c(F)cc1Cl. The second-order valence-electron chi connectivity index (χ2n) is 7.05. The molecule has 0 atom stereocenters. The first kappa shape index (κ1) is 21.5. The summed E-state index contributed by atoms with van der Waals surface area (Å²) in [6, 6.07) is 4.32. The quantitative estimate of drug-likeness (QED) is 0.686. The Morgan fingerprint density at radius 1 is 1.23 bits per heavy atom. The molecule has 0 radical (unpaired) electrons. The maximum absolute atomic E-state index is 14.4. The van der Waals surface area contributed by atoms with Crippen LogP contribution in [0.3, 0.4) is 0 Å². The lowest BCUT2D eigenvalue weighted by Crippen LogP contribution is -2.53. The molecule has 1 saturated heterocycles. The molecule has 0 saturated carbocycles. The van der Waals surface area contributed by atoms with Gasteiger partial charge in [-0.25, -0.2) is 9.37 Å². The Morgan fingerprint density at radius 2 is 1.97 bits per heavy atom. The van der Waals surface area contributed by atoms with Crippen LogP contribution < -0.4 is 19.3 Å². The van der Waals surface area contributed by atoms with E-state index in [0.717, 1.165) is 0 Å². The monoisotopic (exact) mass is 468 g/mol. The molecule has 1 fully saturated rings. The van der Waals surface area contributed by atoms with E-state index in [-0.39, 0.29) is 35.8 Å². The first-order valence-electron chi connectivity index (χ1n) is 9.52. The molecule has 3 heterocycles. The Kier molecular flexibility index (Phi) is 6.06. The Morgan fingerprint density at radius 3 is 2.68 bits per heavy atom. The number of hydrogen-bond donors (Lipinski definition) is 0. The fourth-order valence-corrected chi connectivity index (χ4v) is 3.95. The molecule has 0 aliphatic carbocycles. The highest BCUT2D eigenvalue weighted by Crippen LogP contribution is 2.33. The fraction of sp³-hybridized carbons (Fsp3) is 0.350. The summed E-state index contributed by atoms with van der Waals surface area (Å²) >= 11 is 11.9. The van der Waals surface area contributed by atoms with Gasteiger partial charge in [0.05, 0.1) is 22.8 Å². The van der Waals surface area contributed by atoms with Crippen LogP contribution in [0.4, 0.5) is 15.9 Å². The Balaban J connectivity index is 1.42. The molecule has 2 aromatic rings. The number of carbonyl (C=O) groups excluding carboxylic acids is 2. The smallest absolute Gasteiger partial charge is 0.266 e. The number of carbonyl (C=O) groups is 2. The summed E-state index contributed by atoms with van der Waals surface area (Å²) < 4.78 is 24.9. The zero-order chi connectivity index (χ0) is 22.1. The molecule has 0 spiro atoms. The summed E-state index contributed by atoms with van der Waals surface area (Å²) in [5.41, 5.74) is 0.367. The van der Waals surface area contributed by atoms with Gasteiger partial charge in [-0.2, -0.15) is 0 Å². The third-order valence-corrected chi connectivity index (χ3v) is 5.70. The van der Waals surface area contributed by atoms with E-state index in [0.29, 0.717) is 48.4 Å². The molecular weight excluding hydrogens is 450 g/mol. The molecule has 2 aliphatic heterocycles. The third-order valence-electron chi connectivity index (χ3n) is 5.20. The van der Waals surface area contributed by atoms with Gasteiger partial charge in [-0.3, -0.25) is 14.5 Å². The average Bonchev–Trinajstić information content (AvgIpc) is 2.76. The number of halogens is 3. The number of hydrogen-bond acceptors (Lipinski definition) is 6. The maximum atomic E-state index is 14.4. The molecule has 31 heavy (non-hydrogen) atoms. The zero-order valence-electron chi connectivity index (χ0n) is 16.6. The van der Waals surface area contributed by atoms with E-state index in [2.05, 4.69) is 4.98 Å². The van der Waals surface area contributed by atoms with Crippen LogP contribution in [-0.2, 0) is 9.59 Å². The van der Waals surface area contributed by atoms with Crippen LogP contribution in [-0.4, -0.2) is 68.1 Å². The minimum Gasteiger partial charge on any atom is -0.495 e. The molecule has 1 aromatic carbocycles. The van der Waals surface area contributed by atoms with Crippen LogP contribution in [0.5, 0.6) is 11.5 Å². The molecule has 4 rings (SSSR count). The van der Waals surface area contributed by atoms with Gasteiger partial charge in [0, 0.05) is 44.5 Å². The van der Waals surface area contributed by atoms with E-state index >= 15 is 0 Å². The Hall–Kier alpha value is -2.78. The van der Waals surface area contributed by atoms with Crippen molar-refractivity contribution in [2.75, 3.05) is 56.2 Å². The highest BCUT2D eigenvalue weighted by Gasteiger charge is 2.31. The summed E-state index contributed by atoms with van der Waals surface area (Å²) in [4.78, 5) is 34.1. The molecule has 0 N–H and O–H groups in total. The molecule has 2 aliphatic rings. The number of benzene rings is 1. The number of methoxy groups -OCH3 is 1. The normalized spacial score (nSPS) is 16.1. The van der Waals surface area contributed by atoms with Gasteiger partial charge in [-0.05, 0) is 6.07 Å². The van der Waals surface area contributed by atoms with Crippen molar-refractivity contribution >= 4 is 46.5 Å². The van der Waals surface area contributed by atoms with E-state index in [9.17, 15) is 14.0 Å². The lowest BCUT2D eigenvalue weighted by molar-refractivity contribution is -0.132. The molecule has 2 amide bonds. The molecule has 1 aromatic heterocycles. The number of rotatable bonds is 4. The molecule has 164 valence electrons. The predicted octanol–water partition coefficient (Wildman–Crippen LogP) is 2.61. The van der Waals surface area contributed by atoms with E-state index in [1.165, 1.54) is 24.3 Å². The second kappa shape index (κ2) is 8.76. The third kappa shape index (κ3) is 4.33. The number of ether oxygens (including phenoxy) is 2. The highest BCUT2D eigenvalue weighted by atomic mass is 35.5. The molecule has 0 bridgehead atoms. The minimum absolute atomic E-state index is 0.160. The van der Waals surface area contributed by atoms with Gasteiger partial charge in [0.2, 0.25) is 5.91 Å². The summed E-state index contributed by atoms with van der Waals surface area (Å²) in [7, 11) is 1.47. The minimum atomic E-state index is -0.453. The molecule has 11 heteroatoms. The van der Waals surface area contributed by atoms with Gasteiger partial charge < -0.3 is 19.3 Å². The average molecular weight is 469 g/mol. The van der Waals surface area contributed by atoms with Crippen molar-refractivity contribution in [3.63, 3.8) is 0 Å². The van der Waals surface area contributed by atoms with Crippen LogP contribution in [0.1, 0.15) is 0 Å². The number of piperazine rings is 1. The van der Waals surface area contributed by atoms with Gasteiger partial charge in [0.15, 0.2) is 18.2 Å². The summed E-state index contributed by atoms with van der Waals surface area (Å²) in [5, 5.41) is 0.574. The Bertz CT molecular complexity index is 1030. The van der Waals surface area contributed by atoms with E-state index < -0.39 is 5.82 Å². The van der Waals surface area contributed by atoms with Crippen molar-refractivity contribution in [2.24, 2.45) is 0 Å². The number of amides is 2. The van der Waals surface area contributed by atoms with Gasteiger partial charge >= 0.3 is 0 Å².